The normalized spacial score (nSPS) is 10.3. The van der Waals surface area contributed by atoms with Gasteiger partial charge in [-0.1, -0.05) is 42.5 Å². The molecule has 1 amide bonds. The fourth-order valence-electron chi connectivity index (χ4n) is 2.58. The first-order valence-electron chi connectivity index (χ1n) is 8.52. The van der Waals surface area contributed by atoms with Crippen LogP contribution in [0, 0.1) is 0 Å². The lowest BCUT2D eigenvalue weighted by Crippen LogP contribution is -2.20. The minimum Gasteiger partial charge on any atom is -0.340 e. The molecule has 0 bridgehead atoms. The number of benzene rings is 2. The van der Waals surface area contributed by atoms with Gasteiger partial charge in [0, 0.05) is 37.2 Å². The highest BCUT2D eigenvalue weighted by molar-refractivity contribution is 6.04. The third-order valence-electron chi connectivity index (χ3n) is 4.03. The van der Waals surface area contributed by atoms with Gasteiger partial charge in [0.05, 0.1) is 5.56 Å². The third-order valence-corrected chi connectivity index (χ3v) is 4.03. The van der Waals surface area contributed by atoms with Crippen LogP contribution in [0.25, 0.3) is 0 Å². The van der Waals surface area contributed by atoms with E-state index in [1.54, 1.807) is 24.3 Å². The molecule has 0 aliphatic carbocycles. The second-order valence-corrected chi connectivity index (χ2v) is 6.20. The van der Waals surface area contributed by atoms with Crippen molar-refractivity contribution in [2.45, 2.75) is 13.5 Å². The third kappa shape index (κ3) is 4.76. The van der Waals surface area contributed by atoms with Gasteiger partial charge in [-0.3, -0.25) is 9.59 Å². The number of carbonyl (C=O) groups excluding carboxylic acids is 2. The molecule has 0 aliphatic heterocycles. The Kier molecular flexibility index (Phi) is 5.56. The van der Waals surface area contributed by atoms with Gasteiger partial charge in [0.25, 0.3) is 5.91 Å². The Bertz CT molecular complexity index is 940. The van der Waals surface area contributed by atoms with Crippen LogP contribution < -0.4 is 10.2 Å². The quantitative estimate of drug-likeness (QED) is 0.680. The molecule has 3 rings (SSSR count). The molecule has 27 heavy (non-hydrogen) atoms. The van der Waals surface area contributed by atoms with E-state index in [2.05, 4.69) is 15.3 Å². The average Bonchev–Trinajstić information content (AvgIpc) is 2.69. The zero-order valence-corrected chi connectivity index (χ0v) is 15.2. The monoisotopic (exact) mass is 360 g/mol. The van der Waals surface area contributed by atoms with Crippen molar-refractivity contribution in [3.05, 3.63) is 83.7 Å². The summed E-state index contributed by atoms with van der Waals surface area (Å²) in [6.07, 6.45) is 2.99. The predicted octanol–water partition coefficient (Wildman–Crippen LogP) is 3.57. The number of rotatable bonds is 6. The maximum Gasteiger partial charge on any atom is 0.258 e. The van der Waals surface area contributed by atoms with E-state index in [1.165, 1.54) is 19.3 Å². The summed E-state index contributed by atoms with van der Waals surface area (Å²) in [6.45, 7) is 2.16. The van der Waals surface area contributed by atoms with Crippen LogP contribution in [0.1, 0.15) is 33.2 Å². The van der Waals surface area contributed by atoms with Crippen LogP contribution in [0.3, 0.4) is 0 Å². The average molecular weight is 360 g/mol. The summed E-state index contributed by atoms with van der Waals surface area (Å²) in [7, 11) is 1.90. The number of anilines is 2. The van der Waals surface area contributed by atoms with E-state index in [9.17, 15) is 9.59 Å². The lowest BCUT2D eigenvalue weighted by atomic mass is 10.1. The van der Waals surface area contributed by atoms with E-state index >= 15 is 0 Å². The van der Waals surface area contributed by atoms with Gasteiger partial charge >= 0.3 is 0 Å². The zero-order valence-electron chi connectivity index (χ0n) is 15.2. The number of amides is 1. The summed E-state index contributed by atoms with van der Waals surface area (Å²) in [6, 6.07) is 16.8. The summed E-state index contributed by atoms with van der Waals surface area (Å²) < 4.78 is 0. The molecule has 6 heteroatoms. The highest BCUT2D eigenvalue weighted by Gasteiger charge is 2.11. The van der Waals surface area contributed by atoms with Gasteiger partial charge in [-0.15, -0.1) is 0 Å². The van der Waals surface area contributed by atoms with Crippen molar-refractivity contribution in [2.75, 3.05) is 17.3 Å². The summed E-state index contributed by atoms with van der Waals surface area (Å²) >= 11 is 0. The number of nitrogens with zero attached hydrogens (tertiary/aromatic N) is 3. The first-order valence-corrected chi connectivity index (χ1v) is 8.52. The molecule has 0 unspecified atom stereocenters. The van der Waals surface area contributed by atoms with Gasteiger partial charge in [0.1, 0.15) is 0 Å². The Labute approximate surface area is 157 Å². The predicted molar refractivity (Wildman–Crippen MR) is 105 cm³/mol. The lowest BCUT2D eigenvalue weighted by Gasteiger charge is -2.17. The van der Waals surface area contributed by atoms with E-state index in [0.29, 0.717) is 29.3 Å². The Morgan fingerprint density at radius 3 is 2.33 bits per heavy atom. The SMILES string of the molecule is CC(=O)c1cccc(NC(=O)c2cnc(N(C)Cc3ccccc3)nc2)c1. The molecule has 0 spiro atoms. The van der Waals surface area contributed by atoms with E-state index in [-0.39, 0.29) is 11.7 Å². The second kappa shape index (κ2) is 8.23. The number of Topliss-reactive ketones (excluding diaryl/α,β-unsaturated/α-hetero) is 1. The van der Waals surface area contributed by atoms with Crippen LogP contribution in [-0.2, 0) is 6.54 Å². The largest absolute Gasteiger partial charge is 0.340 e. The number of ketones is 1. The van der Waals surface area contributed by atoms with Gasteiger partial charge < -0.3 is 10.2 Å². The van der Waals surface area contributed by atoms with Gasteiger partial charge in [-0.2, -0.15) is 0 Å². The van der Waals surface area contributed by atoms with Crippen LogP contribution in [0.15, 0.2) is 67.0 Å². The van der Waals surface area contributed by atoms with Gasteiger partial charge in [-0.05, 0) is 24.6 Å². The molecule has 2 aromatic carbocycles. The molecular formula is C21H20N4O2. The molecule has 3 aromatic rings. The van der Waals surface area contributed by atoms with Crippen molar-refractivity contribution in [3.63, 3.8) is 0 Å². The molecule has 0 saturated heterocycles. The van der Waals surface area contributed by atoms with Crippen molar-refractivity contribution in [1.29, 1.82) is 0 Å². The van der Waals surface area contributed by atoms with Crippen LogP contribution >= 0.6 is 0 Å². The fourth-order valence-corrected chi connectivity index (χ4v) is 2.58. The summed E-state index contributed by atoms with van der Waals surface area (Å²) in [5.41, 5.74) is 2.59. The zero-order chi connectivity index (χ0) is 19.2. The summed E-state index contributed by atoms with van der Waals surface area (Å²) in [5, 5.41) is 2.76. The van der Waals surface area contributed by atoms with Gasteiger partial charge in [0.15, 0.2) is 5.78 Å². The molecular weight excluding hydrogens is 340 g/mol. The van der Waals surface area contributed by atoms with Crippen molar-refractivity contribution in [1.82, 2.24) is 9.97 Å². The number of nitrogens with one attached hydrogen (secondary N) is 1. The first kappa shape index (κ1) is 18.3. The van der Waals surface area contributed by atoms with Crippen molar-refractivity contribution < 1.29 is 9.59 Å². The van der Waals surface area contributed by atoms with Gasteiger partial charge in [0.2, 0.25) is 5.95 Å². The van der Waals surface area contributed by atoms with Crippen molar-refractivity contribution in [2.24, 2.45) is 0 Å². The second-order valence-electron chi connectivity index (χ2n) is 6.20. The molecule has 1 N–H and O–H groups in total. The van der Waals surface area contributed by atoms with Crippen LogP contribution in [-0.4, -0.2) is 28.7 Å². The highest BCUT2D eigenvalue weighted by atomic mass is 16.1. The first-order chi connectivity index (χ1) is 13.0. The fraction of sp³-hybridized carbons (Fsp3) is 0.143. The summed E-state index contributed by atoms with van der Waals surface area (Å²) in [4.78, 5) is 34.3. The Hall–Kier alpha value is -3.54. The molecule has 0 aliphatic rings. The molecule has 1 heterocycles. The molecule has 0 radical (unpaired) electrons. The standard InChI is InChI=1S/C21H20N4O2/c1-15(26)17-9-6-10-19(11-17)24-20(27)18-12-22-21(23-13-18)25(2)14-16-7-4-3-5-8-16/h3-13H,14H2,1-2H3,(H,24,27). The molecule has 0 fully saturated rings. The van der Waals surface area contributed by atoms with Crippen LogP contribution in [0.4, 0.5) is 11.6 Å². The molecule has 0 atom stereocenters. The minimum absolute atomic E-state index is 0.0553. The number of hydrogen-bond acceptors (Lipinski definition) is 5. The lowest BCUT2D eigenvalue weighted by molar-refractivity contribution is 0.101. The van der Waals surface area contributed by atoms with Crippen molar-refractivity contribution >= 4 is 23.3 Å². The summed E-state index contributed by atoms with van der Waals surface area (Å²) in [5.74, 6) is 0.155. The topological polar surface area (TPSA) is 75.2 Å². The van der Waals surface area contributed by atoms with E-state index in [4.69, 9.17) is 0 Å². The van der Waals surface area contributed by atoms with Crippen LogP contribution in [0.2, 0.25) is 0 Å². The van der Waals surface area contributed by atoms with E-state index < -0.39 is 0 Å². The minimum atomic E-state index is -0.326. The molecule has 136 valence electrons. The van der Waals surface area contributed by atoms with E-state index in [1.807, 2.05) is 42.3 Å². The van der Waals surface area contributed by atoms with Crippen LogP contribution in [0.5, 0.6) is 0 Å². The highest BCUT2D eigenvalue weighted by Crippen LogP contribution is 2.14. The maximum atomic E-state index is 12.4. The smallest absolute Gasteiger partial charge is 0.258 e. The van der Waals surface area contributed by atoms with Crippen molar-refractivity contribution in [3.8, 4) is 0 Å². The molecule has 1 aromatic heterocycles. The Morgan fingerprint density at radius 2 is 1.67 bits per heavy atom. The number of aromatic nitrogens is 2. The molecule has 6 nitrogen and oxygen atoms in total. The maximum absolute atomic E-state index is 12.4. The molecule has 0 saturated carbocycles. The van der Waals surface area contributed by atoms with E-state index in [0.717, 1.165) is 5.56 Å². The van der Waals surface area contributed by atoms with Gasteiger partial charge in [-0.25, -0.2) is 9.97 Å². The Balaban J connectivity index is 1.66. The Morgan fingerprint density at radius 1 is 0.963 bits per heavy atom. The number of hydrogen-bond donors (Lipinski definition) is 1. The number of carbonyl (C=O) groups is 2.